The summed E-state index contributed by atoms with van der Waals surface area (Å²) in [5, 5.41) is 3.30. The number of carbonyl (C=O) groups is 2. The van der Waals surface area contributed by atoms with Crippen LogP contribution >= 0.6 is 0 Å². The lowest BCUT2D eigenvalue weighted by atomic mass is 9.88. The SMILES string of the molecule is CC(C)c1ccc(C(=O)CC(C(=O)NC2CCCCC2)N2CCN(C)CC2)c(C(C)C)c1. The van der Waals surface area contributed by atoms with Gasteiger partial charge in [0.1, 0.15) is 0 Å². The molecule has 1 unspecified atom stereocenters. The highest BCUT2D eigenvalue weighted by atomic mass is 16.2. The van der Waals surface area contributed by atoms with E-state index in [2.05, 4.69) is 62.0 Å². The summed E-state index contributed by atoms with van der Waals surface area (Å²) in [6.45, 7) is 12.2. The average Bonchev–Trinajstić information content (AvgIpc) is 2.78. The topological polar surface area (TPSA) is 52.7 Å². The molecule has 1 aliphatic heterocycles. The molecule has 1 saturated heterocycles. The van der Waals surface area contributed by atoms with Crippen molar-refractivity contribution in [2.24, 2.45) is 0 Å². The van der Waals surface area contributed by atoms with Gasteiger partial charge in [-0.2, -0.15) is 0 Å². The monoisotopic (exact) mass is 441 g/mol. The van der Waals surface area contributed by atoms with Crippen molar-refractivity contribution in [3.8, 4) is 0 Å². The van der Waals surface area contributed by atoms with Crippen molar-refractivity contribution < 1.29 is 9.59 Å². The van der Waals surface area contributed by atoms with Gasteiger partial charge in [-0.1, -0.05) is 65.2 Å². The lowest BCUT2D eigenvalue weighted by molar-refractivity contribution is -0.128. The zero-order chi connectivity index (χ0) is 23.3. The first-order chi connectivity index (χ1) is 15.3. The second kappa shape index (κ2) is 11.4. The summed E-state index contributed by atoms with van der Waals surface area (Å²) in [5.74, 6) is 0.827. The fourth-order valence-electron chi connectivity index (χ4n) is 5.02. The second-order valence-corrected chi connectivity index (χ2v) is 10.5. The summed E-state index contributed by atoms with van der Waals surface area (Å²) in [4.78, 5) is 31.5. The van der Waals surface area contributed by atoms with Crippen molar-refractivity contribution in [3.05, 3.63) is 34.9 Å². The smallest absolute Gasteiger partial charge is 0.238 e. The number of carbonyl (C=O) groups excluding carboxylic acids is 2. The van der Waals surface area contributed by atoms with E-state index in [9.17, 15) is 9.59 Å². The van der Waals surface area contributed by atoms with Crippen LogP contribution in [0.1, 0.15) is 99.5 Å². The molecule has 1 aliphatic carbocycles. The van der Waals surface area contributed by atoms with Gasteiger partial charge in [0.05, 0.1) is 6.04 Å². The first-order valence-corrected chi connectivity index (χ1v) is 12.7. The third-order valence-electron chi connectivity index (χ3n) is 7.28. The van der Waals surface area contributed by atoms with E-state index >= 15 is 0 Å². The Bertz CT molecular complexity index is 775. The van der Waals surface area contributed by atoms with Gasteiger partial charge in [0.15, 0.2) is 5.78 Å². The van der Waals surface area contributed by atoms with Gasteiger partial charge in [0.2, 0.25) is 5.91 Å². The molecular formula is C27H43N3O2. The molecule has 1 N–H and O–H groups in total. The summed E-state index contributed by atoms with van der Waals surface area (Å²) in [7, 11) is 2.12. The number of nitrogens with zero attached hydrogens (tertiary/aromatic N) is 2. The fourth-order valence-corrected chi connectivity index (χ4v) is 5.02. The van der Waals surface area contributed by atoms with Gasteiger partial charge in [-0.3, -0.25) is 14.5 Å². The number of hydrogen-bond acceptors (Lipinski definition) is 4. The molecule has 1 aromatic carbocycles. The van der Waals surface area contributed by atoms with E-state index in [1.165, 1.54) is 24.8 Å². The third-order valence-corrected chi connectivity index (χ3v) is 7.28. The van der Waals surface area contributed by atoms with Gasteiger partial charge in [-0.25, -0.2) is 0 Å². The molecule has 5 heteroatoms. The van der Waals surface area contributed by atoms with Crippen molar-refractivity contribution in [1.29, 1.82) is 0 Å². The quantitative estimate of drug-likeness (QED) is 0.601. The molecule has 0 aromatic heterocycles. The molecule has 0 bridgehead atoms. The van der Waals surface area contributed by atoms with E-state index in [0.717, 1.165) is 50.1 Å². The van der Waals surface area contributed by atoms with E-state index in [1.54, 1.807) is 0 Å². The minimum Gasteiger partial charge on any atom is -0.352 e. The summed E-state index contributed by atoms with van der Waals surface area (Å²) >= 11 is 0. The number of rotatable bonds is 8. The van der Waals surface area contributed by atoms with Gasteiger partial charge >= 0.3 is 0 Å². The molecule has 5 nitrogen and oxygen atoms in total. The summed E-state index contributed by atoms with van der Waals surface area (Å²) < 4.78 is 0. The van der Waals surface area contributed by atoms with Crippen LogP contribution in [0.5, 0.6) is 0 Å². The number of hydrogen-bond donors (Lipinski definition) is 1. The third kappa shape index (κ3) is 6.41. The van der Waals surface area contributed by atoms with Gasteiger partial charge in [0, 0.05) is 44.2 Å². The first-order valence-electron chi connectivity index (χ1n) is 12.7. The van der Waals surface area contributed by atoms with Crippen LogP contribution in [0.3, 0.4) is 0 Å². The highest BCUT2D eigenvalue weighted by Crippen LogP contribution is 2.27. The van der Waals surface area contributed by atoms with E-state index in [-0.39, 0.29) is 36.1 Å². The number of piperazine rings is 1. The first kappa shape index (κ1) is 24.9. The Labute approximate surface area is 194 Å². The molecule has 2 fully saturated rings. The van der Waals surface area contributed by atoms with Crippen LogP contribution in [0.2, 0.25) is 0 Å². The maximum absolute atomic E-state index is 13.5. The zero-order valence-electron chi connectivity index (χ0n) is 20.8. The zero-order valence-corrected chi connectivity index (χ0v) is 20.8. The lowest BCUT2D eigenvalue weighted by Crippen LogP contribution is -2.56. The van der Waals surface area contributed by atoms with Crippen LogP contribution in [0.4, 0.5) is 0 Å². The number of Topliss-reactive ketones (excluding diaryl/α,β-unsaturated/α-hetero) is 1. The van der Waals surface area contributed by atoms with Crippen molar-refractivity contribution in [2.75, 3.05) is 33.2 Å². The summed E-state index contributed by atoms with van der Waals surface area (Å²) in [6, 6.07) is 6.14. The standard InChI is InChI=1S/C27H43N3O2/c1-19(2)21-11-12-23(24(17-21)20(3)4)26(31)18-25(30-15-13-29(5)14-16-30)27(32)28-22-9-7-6-8-10-22/h11-12,17,19-20,22,25H,6-10,13-16,18H2,1-5H3,(H,28,32). The maximum atomic E-state index is 13.5. The molecule has 1 atom stereocenters. The highest BCUT2D eigenvalue weighted by Gasteiger charge is 2.32. The summed E-state index contributed by atoms with van der Waals surface area (Å²) in [6.07, 6.45) is 6.00. The van der Waals surface area contributed by atoms with Crippen LogP contribution in [0.25, 0.3) is 0 Å². The molecule has 1 heterocycles. The van der Waals surface area contributed by atoms with Gasteiger partial charge in [-0.05, 0) is 42.9 Å². The molecule has 0 spiro atoms. The van der Waals surface area contributed by atoms with Crippen LogP contribution in [0.15, 0.2) is 18.2 Å². The molecule has 3 rings (SSSR count). The molecule has 2 aliphatic rings. The van der Waals surface area contributed by atoms with Crippen LogP contribution in [0, 0.1) is 0 Å². The van der Waals surface area contributed by atoms with Gasteiger partial charge < -0.3 is 10.2 Å². The molecule has 1 saturated carbocycles. The largest absolute Gasteiger partial charge is 0.352 e. The van der Waals surface area contributed by atoms with Crippen molar-refractivity contribution >= 4 is 11.7 Å². The molecule has 0 radical (unpaired) electrons. The predicted octanol–water partition coefficient (Wildman–Crippen LogP) is 4.57. The van der Waals surface area contributed by atoms with Crippen LogP contribution in [-0.4, -0.2) is 66.8 Å². The normalized spacial score (nSPS) is 20.0. The molecule has 1 aromatic rings. The number of ketones is 1. The van der Waals surface area contributed by atoms with Crippen molar-refractivity contribution in [1.82, 2.24) is 15.1 Å². The predicted molar refractivity (Wildman–Crippen MR) is 131 cm³/mol. The minimum absolute atomic E-state index is 0.0414. The molecule has 1 amide bonds. The molecule has 178 valence electrons. The van der Waals surface area contributed by atoms with Crippen molar-refractivity contribution in [3.63, 3.8) is 0 Å². The Morgan fingerprint density at radius 1 is 0.969 bits per heavy atom. The second-order valence-electron chi connectivity index (χ2n) is 10.5. The number of nitrogens with one attached hydrogen (secondary N) is 1. The molecule has 32 heavy (non-hydrogen) atoms. The Hall–Kier alpha value is -1.72. The average molecular weight is 442 g/mol. The van der Waals surface area contributed by atoms with Crippen molar-refractivity contribution in [2.45, 2.75) is 90.1 Å². The number of benzene rings is 1. The Kier molecular flexibility index (Phi) is 8.89. The van der Waals surface area contributed by atoms with E-state index in [1.807, 2.05) is 6.07 Å². The maximum Gasteiger partial charge on any atom is 0.238 e. The van der Waals surface area contributed by atoms with Gasteiger partial charge in [-0.15, -0.1) is 0 Å². The number of likely N-dealkylation sites (N-methyl/N-ethyl adjacent to an activating group) is 1. The minimum atomic E-state index is -0.386. The van der Waals surface area contributed by atoms with E-state index in [0.29, 0.717) is 5.92 Å². The Morgan fingerprint density at radius 3 is 2.22 bits per heavy atom. The van der Waals surface area contributed by atoms with E-state index in [4.69, 9.17) is 0 Å². The van der Waals surface area contributed by atoms with E-state index < -0.39 is 0 Å². The summed E-state index contributed by atoms with van der Waals surface area (Å²) in [5.41, 5.74) is 3.15. The Balaban J connectivity index is 1.80. The highest BCUT2D eigenvalue weighted by molar-refractivity contribution is 6.01. The van der Waals surface area contributed by atoms with Gasteiger partial charge in [0.25, 0.3) is 0 Å². The lowest BCUT2D eigenvalue weighted by Gasteiger charge is -2.38. The fraction of sp³-hybridized carbons (Fsp3) is 0.704. The van der Waals surface area contributed by atoms with Crippen LogP contribution in [-0.2, 0) is 4.79 Å². The molecular weight excluding hydrogens is 398 g/mol. The van der Waals surface area contributed by atoms with Crippen LogP contribution < -0.4 is 5.32 Å². The Morgan fingerprint density at radius 2 is 1.62 bits per heavy atom. The number of amides is 1.